The van der Waals surface area contributed by atoms with E-state index in [4.69, 9.17) is 9.47 Å². The van der Waals surface area contributed by atoms with Gasteiger partial charge in [-0.25, -0.2) is 4.79 Å². The maximum Gasteiger partial charge on any atom is 0.346 e. The number of thiophene rings is 2. The zero-order valence-corrected chi connectivity index (χ0v) is 37.4. The molecule has 6 aromatic carbocycles. The fourth-order valence-electron chi connectivity index (χ4n) is 9.17. The number of aliphatic carboxylic acids is 1. The fourth-order valence-corrected chi connectivity index (χ4v) is 11.9. The van der Waals surface area contributed by atoms with Crippen molar-refractivity contribution in [3.63, 3.8) is 0 Å². The molecular weight excluding hydrogens is 805 g/mol. The Kier molecular flexibility index (Phi) is 12.2. The van der Waals surface area contributed by atoms with Crippen LogP contribution in [0.25, 0.3) is 68.3 Å². The Morgan fingerprint density at radius 3 is 1.90 bits per heavy atom. The molecule has 9 rings (SSSR count). The van der Waals surface area contributed by atoms with E-state index in [2.05, 4.69) is 98.5 Å². The van der Waals surface area contributed by atoms with Crippen molar-refractivity contribution in [1.29, 1.82) is 5.26 Å². The molecule has 2 aromatic heterocycles. The molecular formula is C54H52N2O4S2. The van der Waals surface area contributed by atoms with Gasteiger partial charge in [0.05, 0.1) is 33.4 Å². The molecule has 1 N–H and O–H groups in total. The maximum absolute atomic E-state index is 11.8. The van der Waals surface area contributed by atoms with Crippen molar-refractivity contribution in [1.82, 2.24) is 0 Å². The number of unbranched alkanes of at least 4 members (excludes halogenated alkanes) is 6. The second-order valence-electron chi connectivity index (χ2n) is 16.4. The van der Waals surface area contributed by atoms with E-state index in [9.17, 15) is 15.2 Å². The Morgan fingerprint density at radius 2 is 1.27 bits per heavy atom. The molecule has 0 saturated carbocycles. The molecule has 0 saturated heterocycles. The molecule has 8 aromatic rings. The van der Waals surface area contributed by atoms with E-state index in [1.165, 1.54) is 66.6 Å². The van der Waals surface area contributed by atoms with Crippen molar-refractivity contribution >= 4 is 97.2 Å². The third-order valence-electron chi connectivity index (χ3n) is 12.3. The molecule has 1 aliphatic rings. The van der Waals surface area contributed by atoms with Crippen LogP contribution in [-0.2, 0) is 17.6 Å². The first-order valence-electron chi connectivity index (χ1n) is 22.3. The predicted molar refractivity (Wildman–Crippen MR) is 262 cm³/mol. The van der Waals surface area contributed by atoms with Crippen LogP contribution in [0.4, 0.5) is 11.4 Å². The summed E-state index contributed by atoms with van der Waals surface area (Å²) in [7, 11) is 0. The average Bonchev–Trinajstić information content (AvgIpc) is 3.76. The van der Waals surface area contributed by atoms with E-state index < -0.39 is 5.97 Å². The average molecular weight is 857 g/mol. The van der Waals surface area contributed by atoms with Gasteiger partial charge in [-0.15, -0.1) is 22.7 Å². The number of carboxylic acid groups (broad SMARTS) is 1. The normalized spacial score (nSPS) is 12.9. The Bertz CT molecular complexity index is 3060. The minimum atomic E-state index is -1.24. The lowest BCUT2D eigenvalue weighted by Gasteiger charge is -2.25. The summed E-state index contributed by atoms with van der Waals surface area (Å²) in [5, 5.41) is 25.6. The number of ether oxygens (including phenoxy) is 2. The van der Waals surface area contributed by atoms with Crippen LogP contribution in [0, 0.1) is 11.3 Å². The van der Waals surface area contributed by atoms with Gasteiger partial charge in [0.25, 0.3) is 0 Å². The van der Waals surface area contributed by atoms with E-state index in [1.807, 2.05) is 24.3 Å². The van der Waals surface area contributed by atoms with Crippen LogP contribution in [-0.4, -0.2) is 30.8 Å². The molecule has 0 radical (unpaired) electrons. The lowest BCUT2D eigenvalue weighted by atomic mass is 9.96. The van der Waals surface area contributed by atoms with Gasteiger partial charge in [0.1, 0.15) is 23.1 Å². The summed E-state index contributed by atoms with van der Waals surface area (Å²) in [6.45, 7) is 8.84. The van der Waals surface area contributed by atoms with Crippen LogP contribution in [0.15, 0.2) is 96.6 Å². The second-order valence-corrected chi connectivity index (χ2v) is 18.6. The number of carbonyl (C=O) groups is 1. The van der Waals surface area contributed by atoms with E-state index in [0.717, 1.165) is 106 Å². The van der Waals surface area contributed by atoms with E-state index >= 15 is 0 Å². The third-order valence-corrected chi connectivity index (χ3v) is 14.8. The number of hydrogen-bond donors (Lipinski definition) is 1. The second kappa shape index (κ2) is 18.2. The number of anilines is 2. The minimum Gasteiger partial charge on any atom is -0.492 e. The van der Waals surface area contributed by atoms with Crippen LogP contribution < -0.4 is 14.4 Å². The quantitative estimate of drug-likeness (QED) is 0.0592. The molecule has 1 aliphatic heterocycles. The molecule has 3 heterocycles. The molecule has 62 heavy (non-hydrogen) atoms. The number of fused-ring (bicyclic) bond motifs is 9. The third kappa shape index (κ3) is 7.89. The van der Waals surface area contributed by atoms with Crippen molar-refractivity contribution in [2.45, 2.75) is 85.0 Å². The van der Waals surface area contributed by atoms with E-state index in [0.29, 0.717) is 18.8 Å². The minimum absolute atomic E-state index is 0.302. The van der Waals surface area contributed by atoms with Gasteiger partial charge in [-0.1, -0.05) is 101 Å². The Balaban J connectivity index is 1.21. The molecule has 6 nitrogen and oxygen atoms in total. The molecule has 8 heteroatoms. The van der Waals surface area contributed by atoms with Gasteiger partial charge < -0.3 is 19.5 Å². The summed E-state index contributed by atoms with van der Waals surface area (Å²) < 4.78 is 18.5. The highest BCUT2D eigenvalue weighted by molar-refractivity contribution is 7.36. The van der Waals surface area contributed by atoms with E-state index in [-0.39, 0.29) is 5.57 Å². The summed E-state index contributed by atoms with van der Waals surface area (Å²) in [5.41, 5.74) is 8.12. The summed E-state index contributed by atoms with van der Waals surface area (Å²) in [4.78, 5) is 14.2. The number of benzene rings is 6. The maximum atomic E-state index is 11.8. The highest BCUT2D eigenvalue weighted by atomic mass is 32.1. The number of rotatable bonds is 16. The summed E-state index contributed by atoms with van der Waals surface area (Å²) in [5.74, 6) is 0.529. The number of nitriles is 1. The molecule has 314 valence electrons. The number of nitrogens with zero attached hydrogens (tertiary/aromatic N) is 2. The van der Waals surface area contributed by atoms with Crippen LogP contribution in [0.3, 0.4) is 0 Å². The largest absolute Gasteiger partial charge is 0.492 e. The summed E-state index contributed by atoms with van der Waals surface area (Å²) in [6, 6.07) is 34.9. The van der Waals surface area contributed by atoms with Crippen molar-refractivity contribution in [2.75, 3.05) is 24.7 Å². The Hall–Kier alpha value is -5.88. The highest BCUT2D eigenvalue weighted by Gasteiger charge is 2.24. The molecule has 0 spiro atoms. The van der Waals surface area contributed by atoms with E-state index in [1.54, 1.807) is 22.7 Å². The number of hydrogen-bond acceptors (Lipinski definition) is 7. The van der Waals surface area contributed by atoms with Gasteiger partial charge in [0, 0.05) is 38.1 Å². The molecule has 0 bridgehead atoms. The zero-order valence-electron chi connectivity index (χ0n) is 35.8. The van der Waals surface area contributed by atoms with Gasteiger partial charge in [-0.05, 0) is 120 Å². The Labute approximate surface area is 371 Å². The van der Waals surface area contributed by atoms with Crippen LogP contribution in [0.1, 0.15) is 88.8 Å². The standard InChI is InChI=1S/C54H52N2O4S2/c1-4-7-9-13-25-59-50-42-28-34(27-41(33-55)54(57)58)17-18-38(42)31-46-48(50)52-53(61-46)49-47(62-52)32-39-21-20-37(30-43(39)51(49)60-26-14-10-8-5-2)36-23-24-45-40(29-36)22-19-35-15-11-12-16-44(35)56(45)6-3/h11-12,15-18,20-21,23-24,27-32H,4-10,13-14,19,22,25-26H2,1-3H3,(H,57,58)/b41-27+. The zero-order chi connectivity index (χ0) is 42.7. The predicted octanol–water partition coefficient (Wildman–Crippen LogP) is 15.4. The summed E-state index contributed by atoms with van der Waals surface area (Å²) in [6.07, 6.45) is 12.3. The molecule has 0 fully saturated rings. The molecule has 0 amide bonds. The molecule has 0 atom stereocenters. The Morgan fingerprint density at radius 1 is 0.694 bits per heavy atom. The van der Waals surface area contributed by atoms with Gasteiger partial charge in [0.15, 0.2) is 0 Å². The SMILES string of the molecule is CCCCCCOc1c2cc(/C=C(\C#N)C(=O)O)ccc2cc2sc3c(sc4cc5ccc(-c6ccc7c(c6)CCc6ccccc6N7CC)cc5c(OCCCCCC)c43)c12. The number of aryl methyl sites for hydroxylation is 2. The van der Waals surface area contributed by atoms with Crippen molar-refractivity contribution in [2.24, 2.45) is 0 Å². The van der Waals surface area contributed by atoms with Gasteiger partial charge in [0.2, 0.25) is 0 Å². The van der Waals surface area contributed by atoms with Crippen LogP contribution in [0.5, 0.6) is 11.5 Å². The highest BCUT2D eigenvalue weighted by Crippen LogP contribution is 2.53. The van der Waals surface area contributed by atoms with Crippen LogP contribution >= 0.6 is 22.7 Å². The number of para-hydroxylation sites is 1. The number of carboxylic acids is 1. The van der Waals surface area contributed by atoms with Gasteiger partial charge >= 0.3 is 5.97 Å². The topological polar surface area (TPSA) is 82.8 Å². The smallest absolute Gasteiger partial charge is 0.346 e. The lowest BCUT2D eigenvalue weighted by molar-refractivity contribution is -0.132. The first kappa shape index (κ1) is 41.5. The lowest BCUT2D eigenvalue weighted by Crippen LogP contribution is -2.17. The van der Waals surface area contributed by atoms with Crippen molar-refractivity contribution in [3.8, 4) is 28.7 Å². The molecule has 0 aliphatic carbocycles. The van der Waals surface area contributed by atoms with Crippen LogP contribution in [0.2, 0.25) is 0 Å². The first-order chi connectivity index (χ1) is 30.4. The van der Waals surface area contributed by atoms with Gasteiger partial charge in [-0.3, -0.25) is 0 Å². The molecule has 0 unspecified atom stereocenters. The van der Waals surface area contributed by atoms with Gasteiger partial charge in [-0.2, -0.15) is 5.26 Å². The summed E-state index contributed by atoms with van der Waals surface area (Å²) >= 11 is 3.59. The monoisotopic (exact) mass is 856 g/mol. The van der Waals surface area contributed by atoms with Crippen molar-refractivity contribution in [3.05, 3.63) is 113 Å². The van der Waals surface area contributed by atoms with Crippen molar-refractivity contribution < 1.29 is 19.4 Å². The fraction of sp³-hybridized carbons (Fsp3) is 0.296. The first-order valence-corrected chi connectivity index (χ1v) is 24.0.